The van der Waals surface area contributed by atoms with E-state index < -0.39 is 0 Å². The predicted molar refractivity (Wildman–Crippen MR) is 66.2 cm³/mol. The first kappa shape index (κ1) is 12.1. The Labute approximate surface area is 105 Å². The van der Waals surface area contributed by atoms with Crippen LogP contribution in [0.25, 0.3) is 0 Å². The molecule has 0 saturated carbocycles. The number of ether oxygens (including phenoxy) is 1. The number of thioether (sulfide) groups is 1. The van der Waals surface area contributed by atoms with Crippen LogP contribution in [0.4, 0.5) is 0 Å². The van der Waals surface area contributed by atoms with Gasteiger partial charge in [0.05, 0.1) is 18.5 Å². The summed E-state index contributed by atoms with van der Waals surface area (Å²) in [4.78, 5) is 8.80. The minimum atomic E-state index is -0.0731. The third kappa shape index (κ3) is 2.87. The Kier molecular flexibility index (Phi) is 3.42. The molecule has 2 rings (SSSR count). The zero-order valence-corrected chi connectivity index (χ0v) is 11.2. The van der Waals surface area contributed by atoms with Crippen LogP contribution in [0.5, 0.6) is 0 Å². The summed E-state index contributed by atoms with van der Waals surface area (Å²) >= 11 is 7.72. The van der Waals surface area contributed by atoms with Crippen molar-refractivity contribution in [1.82, 2.24) is 9.97 Å². The fraction of sp³-hybridized carbons (Fsp3) is 0.636. The molecule has 88 valence electrons. The van der Waals surface area contributed by atoms with Gasteiger partial charge in [-0.25, -0.2) is 9.97 Å². The molecule has 0 N–H and O–H groups in total. The molecule has 1 saturated heterocycles. The standard InChI is InChI=1S/C11H15ClN2OS/c1-11(2,3)10-13-8(12)4-9(14-10)16-7-5-15-6-7/h4,7H,5-6H2,1-3H3. The fourth-order valence-corrected chi connectivity index (χ4v) is 2.48. The topological polar surface area (TPSA) is 35.0 Å². The molecular formula is C11H15ClN2OS. The lowest BCUT2D eigenvalue weighted by Crippen LogP contribution is -2.30. The highest BCUT2D eigenvalue weighted by molar-refractivity contribution is 8.00. The van der Waals surface area contributed by atoms with Crippen molar-refractivity contribution in [1.29, 1.82) is 0 Å². The number of hydrogen-bond donors (Lipinski definition) is 0. The van der Waals surface area contributed by atoms with E-state index in [9.17, 15) is 0 Å². The maximum absolute atomic E-state index is 6.01. The van der Waals surface area contributed by atoms with Crippen molar-refractivity contribution in [2.75, 3.05) is 13.2 Å². The molecule has 5 heteroatoms. The number of rotatable bonds is 2. The van der Waals surface area contributed by atoms with E-state index in [-0.39, 0.29) is 5.41 Å². The van der Waals surface area contributed by atoms with Gasteiger partial charge in [0.2, 0.25) is 0 Å². The Hall–Kier alpha value is -0.320. The van der Waals surface area contributed by atoms with E-state index >= 15 is 0 Å². The van der Waals surface area contributed by atoms with Gasteiger partial charge in [0.15, 0.2) is 0 Å². The second-order valence-electron chi connectivity index (χ2n) is 4.88. The largest absolute Gasteiger partial charge is 0.379 e. The molecule has 1 fully saturated rings. The van der Waals surface area contributed by atoms with Crippen LogP contribution in [0.2, 0.25) is 5.15 Å². The number of nitrogens with zero attached hydrogens (tertiary/aromatic N) is 2. The molecule has 0 spiro atoms. The molecule has 0 aromatic carbocycles. The first-order valence-corrected chi connectivity index (χ1v) is 6.50. The van der Waals surface area contributed by atoms with Crippen LogP contribution < -0.4 is 0 Å². The van der Waals surface area contributed by atoms with E-state index in [1.165, 1.54) is 0 Å². The van der Waals surface area contributed by atoms with E-state index in [1.807, 2.05) is 6.07 Å². The summed E-state index contributed by atoms with van der Waals surface area (Å²) in [5.41, 5.74) is -0.0731. The quantitative estimate of drug-likeness (QED) is 0.764. The Morgan fingerprint density at radius 3 is 2.56 bits per heavy atom. The molecule has 0 bridgehead atoms. The second kappa shape index (κ2) is 4.51. The first-order chi connectivity index (χ1) is 7.45. The zero-order chi connectivity index (χ0) is 11.8. The normalized spacial score (nSPS) is 17.2. The minimum absolute atomic E-state index is 0.0731. The molecule has 2 heterocycles. The molecule has 0 atom stereocenters. The van der Waals surface area contributed by atoms with Crippen molar-refractivity contribution < 1.29 is 4.74 Å². The summed E-state index contributed by atoms with van der Waals surface area (Å²) in [6, 6.07) is 1.82. The van der Waals surface area contributed by atoms with Crippen molar-refractivity contribution >= 4 is 23.4 Å². The van der Waals surface area contributed by atoms with Crippen molar-refractivity contribution in [3.63, 3.8) is 0 Å². The average Bonchev–Trinajstić information content (AvgIpc) is 2.09. The van der Waals surface area contributed by atoms with Gasteiger partial charge in [-0.3, -0.25) is 0 Å². The Morgan fingerprint density at radius 1 is 1.38 bits per heavy atom. The van der Waals surface area contributed by atoms with Crippen LogP contribution in [0.15, 0.2) is 11.1 Å². The Morgan fingerprint density at radius 2 is 2.06 bits per heavy atom. The molecule has 16 heavy (non-hydrogen) atoms. The Balaban J connectivity index is 2.21. The molecule has 0 aliphatic carbocycles. The molecule has 0 radical (unpaired) electrons. The molecular weight excluding hydrogens is 244 g/mol. The predicted octanol–water partition coefficient (Wildman–Crippen LogP) is 2.92. The van der Waals surface area contributed by atoms with Crippen LogP contribution in [-0.2, 0) is 10.2 Å². The van der Waals surface area contributed by atoms with Gasteiger partial charge in [0.25, 0.3) is 0 Å². The molecule has 0 amide bonds. The first-order valence-electron chi connectivity index (χ1n) is 5.24. The van der Waals surface area contributed by atoms with Crippen LogP contribution in [0.1, 0.15) is 26.6 Å². The maximum atomic E-state index is 6.01. The summed E-state index contributed by atoms with van der Waals surface area (Å²) in [6.45, 7) is 7.85. The van der Waals surface area contributed by atoms with Crippen molar-refractivity contribution in [3.8, 4) is 0 Å². The third-order valence-corrected chi connectivity index (χ3v) is 3.49. The lowest BCUT2D eigenvalue weighted by molar-refractivity contribution is 0.0454. The summed E-state index contributed by atoms with van der Waals surface area (Å²) < 4.78 is 5.14. The van der Waals surface area contributed by atoms with Gasteiger partial charge in [-0.1, -0.05) is 44.1 Å². The lowest BCUT2D eigenvalue weighted by Gasteiger charge is -2.25. The molecule has 1 aromatic heterocycles. The second-order valence-corrected chi connectivity index (χ2v) is 6.59. The smallest absolute Gasteiger partial charge is 0.136 e. The summed E-state index contributed by atoms with van der Waals surface area (Å²) in [7, 11) is 0. The lowest BCUT2D eigenvalue weighted by atomic mass is 9.96. The molecule has 1 aliphatic rings. The number of hydrogen-bond acceptors (Lipinski definition) is 4. The highest BCUT2D eigenvalue weighted by atomic mass is 35.5. The van der Waals surface area contributed by atoms with Gasteiger partial charge >= 0.3 is 0 Å². The van der Waals surface area contributed by atoms with Crippen LogP contribution in [0.3, 0.4) is 0 Å². The van der Waals surface area contributed by atoms with E-state index in [1.54, 1.807) is 11.8 Å². The zero-order valence-electron chi connectivity index (χ0n) is 9.66. The number of halogens is 1. The highest BCUT2D eigenvalue weighted by Gasteiger charge is 2.23. The molecule has 1 aromatic rings. The van der Waals surface area contributed by atoms with E-state index in [4.69, 9.17) is 16.3 Å². The molecule has 1 aliphatic heterocycles. The van der Waals surface area contributed by atoms with E-state index in [0.29, 0.717) is 10.4 Å². The SMILES string of the molecule is CC(C)(C)c1nc(Cl)cc(SC2COC2)n1. The van der Waals surface area contributed by atoms with E-state index in [0.717, 1.165) is 24.1 Å². The summed E-state index contributed by atoms with van der Waals surface area (Å²) in [5.74, 6) is 0.794. The average molecular weight is 259 g/mol. The van der Waals surface area contributed by atoms with Crippen LogP contribution in [0, 0.1) is 0 Å². The van der Waals surface area contributed by atoms with Gasteiger partial charge in [-0.2, -0.15) is 0 Å². The van der Waals surface area contributed by atoms with Crippen LogP contribution >= 0.6 is 23.4 Å². The van der Waals surface area contributed by atoms with Crippen molar-refractivity contribution in [3.05, 3.63) is 17.0 Å². The molecule has 0 unspecified atom stereocenters. The van der Waals surface area contributed by atoms with Crippen LogP contribution in [-0.4, -0.2) is 28.4 Å². The van der Waals surface area contributed by atoms with Crippen molar-refractivity contribution in [2.45, 2.75) is 36.5 Å². The van der Waals surface area contributed by atoms with Gasteiger partial charge in [0, 0.05) is 11.5 Å². The maximum Gasteiger partial charge on any atom is 0.136 e. The number of aromatic nitrogens is 2. The third-order valence-electron chi connectivity index (χ3n) is 2.24. The monoisotopic (exact) mass is 258 g/mol. The van der Waals surface area contributed by atoms with Gasteiger partial charge < -0.3 is 4.74 Å². The van der Waals surface area contributed by atoms with Gasteiger partial charge in [0.1, 0.15) is 16.0 Å². The summed E-state index contributed by atoms with van der Waals surface area (Å²) in [5, 5.41) is 1.97. The van der Waals surface area contributed by atoms with Gasteiger partial charge in [-0.05, 0) is 0 Å². The summed E-state index contributed by atoms with van der Waals surface area (Å²) in [6.07, 6.45) is 0. The van der Waals surface area contributed by atoms with Crippen molar-refractivity contribution in [2.24, 2.45) is 0 Å². The molecule has 3 nitrogen and oxygen atoms in total. The minimum Gasteiger partial charge on any atom is -0.379 e. The fourth-order valence-electron chi connectivity index (χ4n) is 1.25. The Bertz CT molecular complexity index is 388. The van der Waals surface area contributed by atoms with E-state index in [2.05, 4.69) is 30.7 Å². The highest BCUT2D eigenvalue weighted by Crippen LogP contribution is 2.29. The van der Waals surface area contributed by atoms with Gasteiger partial charge in [-0.15, -0.1) is 0 Å².